The van der Waals surface area contributed by atoms with Crippen molar-refractivity contribution in [2.45, 2.75) is 38.0 Å². The third-order valence-corrected chi connectivity index (χ3v) is 3.04. The van der Waals surface area contributed by atoms with Gasteiger partial charge in [-0.2, -0.15) is 5.10 Å². The van der Waals surface area contributed by atoms with Gasteiger partial charge < -0.3 is 5.11 Å². The molecule has 2 rings (SSSR count). The van der Waals surface area contributed by atoms with E-state index in [1.807, 2.05) is 7.05 Å². The molecule has 0 amide bonds. The van der Waals surface area contributed by atoms with Gasteiger partial charge in [-0.05, 0) is 19.8 Å². The molecule has 5 nitrogen and oxygen atoms in total. The van der Waals surface area contributed by atoms with Gasteiger partial charge in [-0.1, -0.05) is 6.42 Å². The summed E-state index contributed by atoms with van der Waals surface area (Å²) in [7, 11) is 1.83. The highest BCUT2D eigenvalue weighted by atomic mass is 16.4. The second-order valence-electron chi connectivity index (χ2n) is 4.14. The summed E-state index contributed by atoms with van der Waals surface area (Å²) >= 11 is 0. The minimum Gasteiger partial charge on any atom is -0.481 e. The molecular formula is C10H15N3O2. The van der Waals surface area contributed by atoms with E-state index in [1.54, 1.807) is 11.6 Å². The maximum atomic E-state index is 10.8. The van der Waals surface area contributed by atoms with Crippen LogP contribution in [0, 0.1) is 0 Å². The fourth-order valence-corrected chi connectivity index (χ4v) is 1.73. The van der Waals surface area contributed by atoms with Gasteiger partial charge in [0.25, 0.3) is 0 Å². The summed E-state index contributed by atoms with van der Waals surface area (Å²) in [6, 6.07) is 0. The maximum absolute atomic E-state index is 10.8. The van der Waals surface area contributed by atoms with Crippen LogP contribution in [0.1, 0.15) is 49.7 Å². The summed E-state index contributed by atoms with van der Waals surface area (Å²) in [4.78, 5) is 15.1. The number of rotatable bonds is 3. The molecule has 15 heavy (non-hydrogen) atoms. The Morgan fingerprint density at radius 3 is 2.73 bits per heavy atom. The smallest absolute Gasteiger partial charge is 0.314 e. The first-order chi connectivity index (χ1) is 7.09. The topological polar surface area (TPSA) is 68.0 Å². The number of carbonyl (C=O) groups is 1. The Hall–Kier alpha value is -1.39. The number of aliphatic carboxylic acids is 1. The minimum absolute atomic E-state index is 0.423. The molecule has 5 heteroatoms. The minimum atomic E-state index is -0.874. The van der Waals surface area contributed by atoms with E-state index in [0.29, 0.717) is 11.7 Å². The SMILES string of the molecule is CC(C(=O)O)c1nc(C2CCC2)n(C)n1. The molecule has 1 aromatic heterocycles. The number of aryl methyl sites for hydroxylation is 1. The van der Waals surface area contributed by atoms with Gasteiger partial charge in [0.05, 0.1) is 0 Å². The van der Waals surface area contributed by atoms with Gasteiger partial charge in [-0.25, -0.2) is 4.98 Å². The van der Waals surface area contributed by atoms with E-state index in [0.717, 1.165) is 18.7 Å². The lowest BCUT2D eigenvalue weighted by Crippen LogP contribution is -2.14. The largest absolute Gasteiger partial charge is 0.481 e. The first kappa shape index (κ1) is 10.1. The molecule has 0 aromatic carbocycles. The first-order valence-electron chi connectivity index (χ1n) is 5.23. The standard InChI is InChI=1S/C10H15N3O2/c1-6(10(14)15)8-11-9(13(2)12-8)7-4-3-5-7/h6-7H,3-5H2,1-2H3,(H,14,15). The molecule has 82 valence electrons. The maximum Gasteiger partial charge on any atom is 0.314 e. The molecule has 1 unspecified atom stereocenters. The predicted molar refractivity (Wildman–Crippen MR) is 53.6 cm³/mol. The Bertz CT molecular complexity index is 382. The lowest BCUT2D eigenvalue weighted by molar-refractivity contribution is -0.138. The lowest BCUT2D eigenvalue weighted by atomic mass is 9.85. The van der Waals surface area contributed by atoms with Crippen molar-refractivity contribution in [1.29, 1.82) is 0 Å². The van der Waals surface area contributed by atoms with Crippen molar-refractivity contribution in [3.05, 3.63) is 11.6 Å². The van der Waals surface area contributed by atoms with Crippen molar-refractivity contribution in [3.63, 3.8) is 0 Å². The molecule has 1 fully saturated rings. The molecular weight excluding hydrogens is 194 g/mol. The Morgan fingerprint density at radius 2 is 2.27 bits per heavy atom. The number of carboxylic acids is 1. The Kier molecular flexibility index (Phi) is 2.46. The second-order valence-corrected chi connectivity index (χ2v) is 4.14. The average Bonchev–Trinajstić information content (AvgIpc) is 2.44. The normalized spacial score (nSPS) is 18.5. The fraction of sp³-hybridized carbons (Fsp3) is 0.700. The van der Waals surface area contributed by atoms with Crippen LogP contribution in [0.4, 0.5) is 0 Å². The molecule has 0 radical (unpaired) electrons. The van der Waals surface area contributed by atoms with Crippen LogP contribution in [0.3, 0.4) is 0 Å². The highest BCUT2D eigenvalue weighted by molar-refractivity contribution is 5.74. The van der Waals surface area contributed by atoms with Crippen LogP contribution >= 0.6 is 0 Å². The zero-order chi connectivity index (χ0) is 11.0. The summed E-state index contributed by atoms with van der Waals surface area (Å²) in [6.07, 6.45) is 3.53. The van der Waals surface area contributed by atoms with E-state index < -0.39 is 11.9 Å². The van der Waals surface area contributed by atoms with Crippen molar-refractivity contribution in [1.82, 2.24) is 14.8 Å². The lowest BCUT2D eigenvalue weighted by Gasteiger charge is -2.23. The van der Waals surface area contributed by atoms with Gasteiger partial charge in [-0.3, -0.25) is 9.48 Å². The number of hydrogen-bond donors (Lipinski definition) is 1. The van der Waals surface area contributed by atoms with E-state index in [-0.39, 0.29) is 0 Å². The van der Waals surface area contributed by atoms with E-state index in [4.69, 9.17) is 5.11 Å². The van der Waals surface area contributed by atoms with E-state index >= 15 is 0 Å². The first-order valence-corrected chi connectivity index (χ1v) is 5.23. The van der Waals surface area contributed by atoms with Gasteiger partial charge in [-0.15, -0.1) is 0 Å². The van der Waals surface area contributed by atoms with Crippen molar-refractivity contribution >= 4 is 5.97 Å². The van der Waals surface area contributed by atoms with E-state index in [9.17, 15) is 4.79 Å². The number of aromatic nitrogens is 3. The van der Waals surface area contributed by atoms with Crippen molar-refractivity contribution < 1.29 is 9.90 Å². The van der Waals surface area contributed by atoms with Gasteiger partial charge >= 0.3 is 5.97 Å². The van der Waals surface area contributed by atoms with E-state index in [1.165, 1.54) is 6.42 Å². The third-order valence-electron chi connectivity index (χ3n) is 3.04. The average molecular weight is 209 g/mol. The molecule has 0 spiro atoms. The molecule has 1 heterocycles. The summed E-state index contributed by atoms with van der Waals surface area (Å²) in [6.45, 7) is 1.61. The summed E-state index contributed by atoms with van der Waals surface area (Å²) < 4.78 is 1.72. The summed E-state index contributed by atoms with van der Waals surface area (Å²) in [5.74, 6) is 0.347. The number of hydrogen-bond acceptors (Lipinski definition) is 3. The quantitative estimate of drug-likeness (QED) is 0.814. The second kappa shape index (κ2) is 3.64. The van der Waals surface area contributed by atoms with Crippen molar-refractivity contribution in [2.75, 3.05) is 0 Å². The van der Waals surface area contributed by atoms with Gasteiger partial charge in [0.1, 0.15) is 11.7 Å². The van der Waals surface area contributed by atoms with Crippen LogP contribution in [0.5, 0.6) is 0 Å². The molecule has 1 aliphatic rings. The van der Waals surface area contributed by atoms with Crippen molar-refractivity contribution in [2.24, 2.45) is 7.05 Å². The summed E-state index contributed by atoms with van der Waals surface area (Å²) in [5, 5.41) is 13.0. The van der Waals surface area contributed by atoms with Crippen LogP contribution in [-0.4, -0.2) is 25.8 Å². The monoisotopic (exact) mass is 209 g/mol. The van der Waals surface area contributed by atoms with Crippen LogP contribution in [0.25, 0.3) is 0 Å². The zero-order valence-corrected chi connectivity index (χ0v) is 8.97. The molecule has 0 bridgehead atoms. The van der Waals surface area contributed by atoms with E-state index in [2.05, 4.69) is 10.1 Å². The van der Waals surface area contributed by atoms with Gasteiger partial charge in [0, 0.05) is 13.0 Å². The fourth-order valence-electron chi connectivity index (χ4n) is 1.73. The highest BCUT2D eigenvalue weighted by Gasteiger charge is 2.27. The van der Waals surface area contributed by atoms with Gasteiger partial charge in [0.2, 0.25) is 0 Å². The molecule has 1 saturated carbocycles. The van der Waals surface area contributed by atoms with Crippen molar-refractivity contribution in [3.8, 4) is 0 Å². The highest BCUT2D eigenvalue weighted by Crippen LogP contribution is 2.35. The molecule has 1 aromatic rings. The Morgan fingerprint density at radius 1 is 1.60 bits per heavy atom. The third kappa shape index (κ3) is 1.73. The Balaban J connectivity index is 2.23. The summed E-state index contributed by atoms with van der Waals surface area (Å²) in [5.41, 5.74) is 0. The Labute approximate surface area is 88.1 Å². The molecule has 1 atom stereocenters. The zero-order valence-electron chi connectivity index (χ0n) is 8.97. The molecule has 1 aliphatic carbocycles. The predicted octanol–water partition coefficient (Wildman–Crippen LogP) is 1.27. The van der Waals surface area contributed by atoms with Crippen LogP contribution in [0.15, 0.2) is 0 Å². The number of carboxylic acid groups (broad SMARTS) is 1. The molecule has 0 saturated heterocycles. The number of nitrogens with zero attached hydrogens (tertiary/aromatic N) is 3. The van der Waals surface area contributed by atoms with Gasteiger partial charge in [0.15, 0.2) is 5.82 Å². The van der Waals surface area contributed by atoms with Crippen LogP contribution < -0.4 is 0 Å². The van der Waals surface area contributed by atoms with Crippen LogP contribution in [-0.2, 0) is 11.8 Å². The molecule has 0 aliphatic heterocycles. The van der Waals surface area contributed by atoms with Crippen LogP contribution in [0.2, 0.25) is 0 Å². The molecule has 1 N–H and O–H groups in total.